The zero-order valence-electron chi connectivity index (χ0n) is 20.4. The molecular formula is C25H40N4O4. The second-order valence-electron chi connectivity index (χ2n) is 10.2. The average Bonchev–Trinajstić information content (AvgIpc) is 2.79. The lowest BCUT2D eigenvalue weighted by molar-refractivity contribution is -0.170. The minimum absolute atomic E-state index is 0.309. The molecule has 184 valence electrons. The number of hydroxylamine groups is 2. The van der Waals surface area contributed by atoms with E-state index >= 15 is 0 Å². The lowest BCUT2D eigenvalue weighted by Gasteiger charge is -2.36. The number of pyridine rings is 1. The van der Waals surface area contributed by atoms with Gasteiger partial charge in [-0.1, -0.05) is 72.3 Å². The summed E-state index contributed by atoms with van der Waals surface area (Å²) in [7, 11) is 0. The number of carbonyl (C=O) groups excluding carboxylic acids is 3. The molecule has 1 aromatic rings. The zero-order chi connectivity index (χ0) is 24.4. The number of nitrogens with one attached hydrogen (secondary N) is 2. The van der Waals surface area contributed by atoms with Gasteiger partial charge >= 0.3 is 0 Å². The molecule has 0 spiro atoms. The van der Waals surface area contributed by atoms with Gasteiger partial charge in [-0.25, -0.2) is 10.0 Å². The van der Waals surface area contributed by atoms with Gasteiger partial charge in [-0.05, 0) is 36.3 Å². The first kappa shape index (κ1) is 26.8. The molecule has 0 aliphatic heterocycles. The van der Waals surface area contributed by atoms with Crippen molar-refractivity contribution in [2.75, 3.05) is 5.32 Å². The van der Waals surface area contributed by atoms with Crippen LogP contribution in [0.15, 0.2) is 24.4 Å². The summed E-state index contributed by atoms with van der Waals surface area (Å²) in [6.45, 7) is 7.62. The highest BCUT2D eigenvalue weighted by Crippen LogP contribution is 2.33. The third kappa shape index (κ3) is 8.11. The van der Waals surface area contributed by atoms with Gasteiger partial charge in [0.1, 0.15) is 11.9 Å². The molecule has 3 amide bonds. The third-order valence-corrected chi connectivity index (χ3v) is 6.48. The number of hydrogen-bond acceptors (Lipinski definition) is 5. The summed E-state index contributed by atoms with van der Waals surface area (Å²) in [5.41, 5.74) is -0.562. The van der Waals surface area contributed by atoms with Crippen LogP contribution in [-0.4, -0.2) is 45.6 Å². The minimum Gasteiger partial charge on any atom is -0.343 e. The van der Waals surface area contributed by atoms with Crippen molar-refractivity contribution in [3.63, 3.8) is 0 Å². The van der Waals surface area contributed by atoms with Crippen LogP contribution in [0.2, 0.25) is 0 Å². The van der Waals surface area contributed by atoms with Crippen molar-refractivity contribution >= 4 is 24.0 Å². The van der Waals surface area contributed by atoms with Gasteiger partial charge in [0, 0.05) is 6.20 Å². The molecule has 1 aliphatic rings. The zero-order valence-corrected chi connectivity index (χ0v) is 20.4. The van der Waals surface area contributed by atoms with Crippen molar-refractivity contribution in [1.29, 1.82) is 0 Å². The molecule has 3 atom stereocenters. The SMILES string of the molecule is CCC[C@@H]([C@@H](CC1CCCCC1)C(=O)N[C@H](C(=O)Nc1ccccn1)C(C)(C)C)N(O)C=O. The van der Waals surface area contributed by atoms with E-state index in [2.05, 4.69) is 15.6 Å². The van der Waals surface area contributed by atoms with E-state index in [-0.39, 0.29) is 11.8 Å². The van der Waals surface area contributed by atoms with E-state index in [0.29, 0.717) is 42.5 Å². The highest BCUT2D eigenvalue weighted by atomic mass is 16.5. The number of nitrogens with zero attached hydrogens (tertiary/aromatic N) is 2. The first-order valence-corrected chi connectivity index (χ1v) is 12.1. The number of aromatic nitrogens is 1. The fourth-order valence-electron chi connectivity index (χ4n) is 4.67. The number of rotatable bonds is 11. The van der Waals surface area contributed by atoms with Crippen molar-refractivity contribution < 1.29 is 19.6 Å². The molecule has 0 bridgehead atoms. The number of carbonyl (C=O) groups is 3. The molecule has 0 unspecified atom stereocenters. The lowest BCUT2D eigenvalue weighted by atomic mass is 9.78. The summed E-state index contributed by atoms with van der Waals surface area (Å²) in [6.07, 6.45) is 9.30. The molecule has 1 aliphatic carbocycles. The maximum absolute atomic E-state index is 13.6. The maximum Gasteiger partial charge on any atom is 0.248 e. The molecule has 1 aromatic heterocycles. The Morgan fingerprint density at radius 1 is 1.21 bits per heavy atom. The summed E-state index contributed by atoms with van der Waals surface area (Å²) in [5.74, 6) is -0.485. The first-order chi connectivity index (χ1) is 15.7. The minimum atomic E-state index is -0.813. The molecule has 0 aromatic carbocycles. The Kier molecular flexibility index (Phi) is 10.3. The quantitative estimate of drug-likeness (QED) is 0.261. The van der Waals surface area contributed by atoms with Gasteiger partial charge in [-0.3, -0.25) is 19.6 Å². The smallest absolute Gasteiger partial charge is 0.248 e. The Bertz CT molecular complexity index is 759. The molecule has 0 saturated heterocycles. The monoisotopic (exact) mass is 460 g/mol. The molecule has 1 fully saturated rings. The van der Waals surface area contributed by atoms with E-state index in [4.69, 9.17) is 0 Å². The predicted octanol–water partition coefficient (Wildman–Crippen LogP) is 4.15. The van der Waals surface area contributed by atoms with Gasteiger partial charge in [0.05, 0.1) is 12.0 Å². The second-order valence-corrected chi connectivity index (χ2v) is 10.2. The topological polar surface area (TPSA) is 112 Å². The maximum atomic E-state index is 13.6. The van der Waals surface area contributed by atoms with Crippen LogP contribution < -0.4 is 10.6 Å². The molecule has 1 heterocycles. The van der Waals surface area contributed by atoms with Crippen LogP contribution in [0.25, 0.3) is 0 Å². The van der Waals surface area contributed by atoms with E-state index < -0.39 is 23.4 Å². The van der Waals surface area contributed by atoms with Crippen molar-refractivity contribution in [3.05, 3.63) is 24.4 Å². The average molecular weight is 461 g/mol. The van der Waals surface area contributed by atoms with E-state index in [9.17, 15) is 19.6 Å². The van der Waals surface area contributed by atoms with E-state index in [1.807, 2.05) is 27.7 Å². The Morgan fingerprint density at radius 2 is 1.91 bits per heavy atom. The van der Waals surface area contributed by atoms with Crippen LogP contribution in [-0.2, 0) is 14.4 Å². The van der Waals surface area contributed by atoms with Crippen LogP contribution in [0.5, 0.6) is 0 Å². The third-order valence-electron chi connectivity index (χ3n) is 6.48. The Morgan fingerprint density at radius 3 is 2.45 bits per heavy atom. The number of hydrogen-bond donors (Lipinski definition) is 3. The van der Waals surface area contributed by atoms with Crippen LogP contribution in [0, 0.1) is 17.3 Å². The van der Waals surface area contributed by atoms with Crippen LogP contribution >= 0.6 is 0 Å². The largest absolute Gasteiger partial charge is 0.343 e. The normalized spacial score (nSPS) is 17.5. The Labute approximate surface area is 197 Å². The van der Waals surface area contributed by atoms with Crippen LogP contribution in [0.3, 0.4) is 0 Å². The number of amides is 3. The highest BCUT2D eigenvalue weighted by Gasteiger charge is 2.39. The first-order valence-electron chi connectivity index (χ1n) is 12.1. The summed E-state index contributed by atoms with van der Waals surface area (Å²) in [6, 6.07) is 3.78. The summed E-state index contributed by atoms with van der Waals surface area (Å²) in [4.78, 5) is 42.3. The fourth-order valence-corrected chi connectivity index (χ4v) is 4.67. The van der Waals surface area contributed by atoms with Gasteiger partial charge in [-0.2, -0.15) is 0 Å². The van der Waals surface area contributed by atoms with E-state index in [1.54, 1.807) is 24.4 Å². The number of anilines is 1. The molecule has 1 saturated carbocycles. The molecule has 2 rings (SSSR count). The molecular weight excluding hydrogens is 420 g/mol. The van der Waals surface area contributed by atoms with Crippen molar-refractivity contribution in [2.24, 2.45) is 17.3 Å². The molecule has 3 N–H and O–H groups in total. The van der Waals surface area contributed by atoms with Crippen molar-refractivity contribution in [2.45, 2.75) is 91.1 Å². The predicted molar refractivity (Wildman–Crippen MR) is 127 cm³/mol. The summed E-state index contributed by atoms with van der Waals surface area (Å²) < 4.78 is 0. The van der Waals surface area contributed by atoms with Crippen molar-refractivity contribution in [3.8, 4) is 0 Å². The van der Waals surface area contributed by atoms with Crippen LogP contribution in [0.4, 0.5) is 5.82 Å². The fraction of sp³-hybridized carbons (Fsp3) is 0.680. The summed E-state index contributed by atoms with van der Waals surface area (Å²) >= 11 is 0. The van der Waals surface area contributed by atoms with Gasteiger partial charge < -0.3 is 10.6 Å². The molecule has 33 heavy (non-hydrogen) atoms. The highest BCUT2D eigenvalue weighted by molar-refractivity contribution is 5.97. The molecule has 8 nitrogen and oxygen atoms in total. The lowest BCUT2D eigenvalue weighted by Crippen LogP contribution is -2.55. The van der Waals surface area contributed by atoms with E-state index in [1.165, 1.54) is 6.42 Å². The standard InChI is InChI=1S/C25H40N4O4/c1-5-11-20(29(33)17-30)19(16-18-12-7-6-8-13-18)23(31)28-22(25(2,3)4)24(32)27-21-14-9-10-15-26-21/h9-10,14-15,17-20,22,33H,5-8,11-13,16H2,1-4H3,(H,28,31)(H,26,27,32)/t19-,20+,22-/m1/s1. The van der Waals surface area contributed by atoms with Gasteiger partial charge in [0.25, 0.3) is 0 Å². The molecule has 0 radical (unpaired) electrons. The van der Waals surface area contributed by atoms with Crippen LogP contribution in [0.1, 0.15) is 79.1 Å². The van der Waals surface area contributed by atoms with Gasteiger partial charge in [0.2, 0.25) is 18.2 Å². The van der Waals surface area contributed by atoms with Gasteiger partial charge in [-0.15, -0.1) is 0 Å². The summed E-state index contributed by atoms with van der Waals surface area (Å²) in [5, 5.41) is 16.7. The Hall–Kier alpha value is -2.48. The second kappa shape index (κ2) is 12.7. The molecule has 8 heteroatoms. The van der Waals surface area contributed by atoms with Crippen molar-refractivity contribution in [1.82, 2.24) is 15.4 Å². The Balaban J connectivity index is 2.26. The van der Waals surface area contributed by atoms with Gasteiger partial charge in [0.15, 0.2) is 0 Å². The van der Waals surface area contributed by atoms with E-state index in [0.717, 1.165) is 25.7 Å².